The normalized spacial score (nSPS) is 14.1. The summed E-state index contributed by atoms with van der Waals surface area (Å²) in [5.74, 6) is -0.905. The largest absolute Gasteiger partial charge is 0.478 e. The molecule has 0 unspecified atom stereocenters. The van der Waals surface area contributed by atoms with E-state index in [1.54, 1.807) is 12.1 Å². The number of nitrogens with zero attached hydrogens (tertiary/aromatic N) is 1. The first-order valence-electron chi connectivity index (χ1n) is 9.08. The van der Waals surface area contributed by atoms with Gasteiger partial charge in [-0.2, -0.15) is 0 Å². The third-order valence-corrected chi connectivity index (χ3v) is 4.93. The first-order chi connectivity index (χ1) is 13.2. The minimum atomic E-state index is -0.905. The summed E-state index contributed by atoms with van der Waals surface area (Å²) < 4.78 is 5.41. The molecule has 0 aromatic heterocycles. The lowest BCUT2D eigenvalue weighted by atomic mass is 9.99. The Morgan fingerprint density at radius 2 is 1.11 bits per heavy atom. The molecular formula is C23H21NO3. The summed E-state index contributed by atoms with van der Waals surface area (Å²) in [5, 5.41) is 9.00. The Balaban J connectivity index is 1.50. The van der Waals surface area contributed by atoms with E-state index in [9.17, 15) is 4.79 Å². The van der Waals surface area contributed by atoms with Crippen molar-refractivity contribution >= 4 is 11.7 Å². The Morgan fingerprint density at radius 1 is 0.704 bits per heavy atom. The zero-order chi connectivity index (χ0) is 18.6. The third-order valence-electron chi connectivity index (χ3n) is 4.93. The van der Waals surface area contributed by atoms with E-state index in [2.05, 4.69) is 53.4 Å². The van der Waals surface area contributed by atoms with Crippen LogP contribution < -0.4 is 4.90 Å². The predicted octanol–water partition coefficient (Wildman–Crippen LogP) is 4.56. The average molecular weight is 359 g/mol. The van der Waals surface area contributed by atoms with E-state index < -0.39 is 5.97 Å². The van der Waals surface area contributed by atoms with Crippen LogP contribution in [0.3, 0.4) is 0 Å². The minimum Gasteiger partial charge on any atom is -0.478 e. The van der Waals surface area contributed by atoms with Gasteiger partial charge in [-0.05, 0) is 46.5 Å². The number of hydrogen-bond donors (Lipinski definition) is 1. The van der Waals surface area contributed by atoms with Crippen molar-refractivity contribution in [1.82, 2.24) is 0 Å². The van der Waals surface area contributed by atoms with Crippen LogP contribution >= 0.6 is 0 Å². The summed E-state index contributed by atoms with van der Waals surface area (Å²) in [5.41, 5.74) is 5.96. The van der Waals surface area contributed by atoms with E-state index in [1.807, 2.05) is 12.1 Å². The van der Waals surface area contributed by atoms with Gasteiger partial charge in [-0.3, -0.25) is 0 Å². The van der Waals surface area contributed by atoms with Crippen molar-refractivity contribution in [1.29, 1.82) is 0 Å². The van der Waals surface area contributed by atoms with Gasteiger partial charge in [0.05, 0.1) is 18.8 Å². The van der Waals surface area contributed by atoms with Gasteiger partial charge in [0.15, 0.2) is 0 Å². The van der Waals surface area contributed by atoms with E-state index in [0.29, 0.717) is 5.56 Å². The van der Waals surface area contributed by atoms with Crippen molar-refractivity contribution in [3.8, 4) is 22.3 Å². The Hall–Kier alpha value is -3.11. The van der Waals surface area contributed by atoms with Gasteiger partial charge in [0.2, 0.25) is 0 Å². The summed E-state index contributed by atoms with van der Waals surface area (Å²) >= 11 is 0. The fraction of sp³-hybridized carbons (Fsp3) is 0.174. The zero-order valence-corrected chi connectivity index (χ0v) is 15.0. The number of anilines is 1. The molecule has 1 N–H and O–H groups in total. The zero-order valence-electron chi connectivity index (χ0n) is 15.0. The summed E-state index contributed by atoms with van der Waals surface area (Å²) in [7, 11) is 0. The van der Waals surface area contributed by atoms with E-state index in [1.165, 1.54) is 11.3 Å². The summed E-state index contributed by atoms with van der Waals surface area (Å²) in [6, 6.07) is 23.9. The number of aromatic carboxylic acids is 1. The smallest absolute Gasteiger partial charge is 0.335 e. The molecule has 0 bridgehead atoms. The van der Waals surface area contributed by atoms with E-state index >= 15 is 0 Å². The Labute approximate surface area is 158 Å². The Morgan fingerprint density at radius 3 is 1.56 bits per heavy atom. The summed E-state index contributed by atoms with van der Waals surface area (Å²) in [4.78, 5) is 13.3. The molecule has 1 saturated heterocycles. The number of carbonyl (C=O) groups is 1. The number of morpholine rings is 1. The van der Waals surface area contributed by atoms with Crippen LogP contribution in [-0.4, -0.2) is 37.4 Å². The van der Waals surface area contributed by atoms with Crippen LogP contribution in [0, 0.1) is 0 Å². The topological polar surface area (TPSA) is 49.8 Å². The molecule has 4 rings (SSSR count). The van der Waals surface area contributed by atoms with Crippen molar-refractivity contribution in [3.63, 3.8) is 0 Å². The molecule has 0 spiro atoms. The van der Waals surface area contributed by atoms with E-state index in [4.69, 9.17) is 9.84 Å². The number of benzene rings is 3. The van der Waals surface area contributed by atoms with Crippen LogP contribution in [0.4, 0.5) is 5.69 Å². The van der Waals surface area contributed by atoms with Crippen molar-refractivity contribution in [2.24, 2.45) is 0 Å². The highest BCUT2D eigenvalue weighted by Crippen LogP contribution is 2.27. The molecule has 0 aliphatic carbocycles. The van der Waals surface area contributed by atoms with Crippen molar-refractivity contribution in [3.05, 3.63) is 78.4 Å². The number of rotatable bonds is 4. The van der Waals surface area contributed by atoms with Gasteiger partial charge >= 0.3 is 5.97 Å². The molecule has 4 nitrogen and oxygen atoms in total. The number of ether oxygens (including phenoxy) is 1. The van der Waals surface area contributed by atoms with Gasteiger partial charge in [0.1, 0.15) is 0 Å². The van der Waals surface area contributed by atoms with Crippen LogP contribution in [0.2, 0.25) is 0 Å². The van der Waals surface area contributed by atoms with Crippen LogP contribution in [-0.2, 0) is 4.74 Å². The van der Waals surface area contributed by atoms with Gasteiger partial charge in [-0.25, -0.2) is 4.79 Å². The maximum atomic E-state index is 11.0. The van der Waals surface area contributed by atoms with Crippen LogP contribution in [0.5, 0.6) is 0 Å². The molecule has 0 radical (unpaired) electrons. The molecule has 1 aliphatic heterocycles. The second-order valence-corrected chi connectivity index (χ2v) is 6.61. The maximum absolute atomic E-state index is 11.0. The van der Waals surface area contributed by atoms with Gasteiger partial charge < -0.3 is 14.7 Å². The maximum Gasteiger partial charge on any atom is 0.335 e. The fourth-order valence-electron chi connectivity index (χ4n) is 3.35. The van der Waals surface area contributed by atoms with E-state index in [0.717, 1.165) is 43.0 Å². The lowest BCUT2D eigenvalue weighted by Crippen LogP contribution is -2.36. The molecule has 3 aromatic rings. The molecule has 4 heteroatoms. The molecule has 0 saturated carbocycles. The summed E-state index contributed by atoms with van der Waals surface area (Å²) in [6.45, 7) is 3.46. The number of hydrogen-bond acceptors (Lipinski definition) is 3. The molecular weight excluding hydrogens is 338 g/mol. The van der Waals surface area contributed by atoms with Crippen LogP contribution in [0.15, 0.2) is 72.8 Å². The third kappa shape index (κ3) is 3.86. The highest BCUT2D eigenvalue weighted by atomic mass is 16.5. The molecule has 0 amide bonds. The fourth-order valence-corrected chi connectivity index (χ4v) is 3.35. The van der Waals surface area contributed by atoms with Crippen LogP contribution in [0.1, 0.15) is 10.4 Å². The molecule has 27 heavy (non-hydrogen) atoms. The summed E-state index contributed by atoms with van der Waals surface area (Å²) in [6.07, 6.45) is 0. The van der Waals surface area contributed by atoms with Crippen molar-refractivity contribution in [2.75, 3.05) is 31.2 Å². The SMILES string of the molecule is O=C(O)c1ccc(-c2ccc(-c3ccc(N4CCOCC4)cc3)cc2)cc1. The monoisotopic (exact) mass is 359 g/mol. The highest BCUT2D eigenvalue weighted by molar-refractivity contribution is 5.88. The molecule has 1 fully saturated rings. The van der Waals surface area contributed by atoms with Gasteiger partial charge in [-0.15, -0.1) is 0 Å². The molecule has 136 valence electrons. The highest BCUT2D eigenvalue weighted by Gasteiger charge is 2.11. The van der Waals surface area contributed by atoms with Gasteiger partial charge in [0, 0.05) is 18.8 Å². The lowest BCUT2D eigenvalue weighted by Gasteiger charge is -2.28. The van der Waals surface area contributed by atoms with E-state index in [-0.39, 0.29) is 0 Å². The molecule has 0 atom stereocenters. The molecule has 1 heterocycles. The number of carboxylic acids is 1. The molecule has 1 aliphatic rings. The lowest BCUT2D eigenvalue weighted by molar-refractivity contribution is 0.0697. The first-order valence-corrected chi connectivity index (χ1v) is 9.08. The van der Waals surface area contributed by atoms with Crippen LogP contribution in [0.25, 0.3) is 22.3 Å². The standard InChI is InChI=1S/C23H21NO3/c25-23(26)21-7-5-19(6-8-21)17-1-3-18(4-2-17)20-9-11-22(12-10-20)24-13-15-27-16-14-24/h1-12H,13-16H2,(H,25,26). The van der Waals surface area contributed by atoms with Gasteiger partial charge in [0.25, 0.3) is 0 Å². The predicted molar refractivity (Wildman–Crippen MR) is 107 cm³/mol. The Kier molecular flexibility index (Phi) is 4.90. The average Bonchev–Trinajstić information content (AvgIpc) is 2.75. The number of carboxylic acid groups (broad SMARTS) is 1. The van der Waals surface area contributed by atoms with Crippen molar-refractivity contribution < 1.29 is 14.6 Å². The van der Waals surface area contributed by atoms with Crippen molar-refractivity contribution in [2.45, 2.75) is 0 Å². The van der Waals surface area contributed by atoms with Gasteiger partial charge in [-0.1, -0.05) is 48.5 Å². The quantitative estimate of drug-likeness (QED) is 0.742. The second-order valence-electron chi connectivity index (χ2n) is 6.61. The first kappa shape index (κ1) is 17.3. The minimum absolute atomic E-state index is 0.302. The second kappa shape index (κ2) is 7.64. The Bertz CT molecular complexity index is 909. The molecule has 3 aromatic carbocycles.